The molecular formula is C21H21F2N5O. The lowest BCUT2D eigenvalue weighted by Crippen LogP contribution is -2.21. The van der Waals surface area contributed by atoms with Gasteiger partial charge in [0.15, 0.2) is 28.6 Å². The van der Waals surface area contributed by atoms with Crippen LogP contribution in [0.3, 0.4) is 0 Å². The molecule has 8 heteroatoms. The van der Waals surface area contributed by atoms with Gasteiger partial charge in [-0.2, -0.15) is 0 Å². The van der Waals surface area contributed by atoms with Crippen molar-refractivity contribution in [1.82, 2.24) is 19.5 Å². The minimum atomic E-state index is -1.02. The van der Waals surface area contributed by atoms with Crippen LogP contribution in [0.2, 0.25) is 0 Å². The van der Waals surface area contributed by atoms with Gasteiger partial charge in [-0.1, -0.05) is 18.9 Å². The molecule has 0 atom stereocenters. The average molecular weight is 397 g/mol. The van der Waals surface area contributed by atoms with E-state index in [0.717, 1.165) is 25.3 Å². The first-order valence-electron chi connectivity index (χ1n) is 9.65. The summed E-state index contributed by atoms with van der Waals surface area (Å²) < 4.78 is 29.9. The molecule has 3 N–H and O–H groups in total. The van der Waals surface area contributed by atoms with Crippen molar-refractivity contribution >= 4 is 17.0 Å². The van der Waals surface area contributed by atoms with Gasteiger partial charge >= 0.3 is 0 Å². The van der Waals surface area contributed by atoms with Crippen LogP contribution >= 0.6 is 0 Å². The SMILES string of the molecule is CCCn1c(-c2cccc(F)c2F)nc2c(N)nc(C#CC3(O)CCCC3)nc21. The topological polar surface area (TPSA) is 89.9 Å². The zero-order valence-electron chi connectivity index (χ0n) is 16.0. The first-order chi connectivity index (χ1) is 13.9. The van der Waals surface area contributed by atoms with Crippen LogP contribution < -0.4 is 5.73 Å². The van der Waals surface area contributed by atoms with Crippen LogP contribution in [-0.4, -0.2) is 30.2 Å². The third-order valence-electron chi connectivity index (χ3n) is 5.10. The lowest BCUT2D eigenvalue weighted by molar-refractivity contribution is 0.110. The van der Waals surface area contributed by atoms with Gasteiger partial charge in [-0.05, 0) is 50.2 Å². The number of fused-ring (bicyclic) bond motifs is 1. The van der Waals surface area contributed by atoms with E-state index in [4.69, 9.17) is 5.73 Å². The van der Waals surface area contributed by atoms with E-state index < -0.39 is 17.2 Å². The smallest absolute Gasteiger partial charge is 0.209 e. The molecule has 6 nitrogen and oxygen atoms in total. The number of imidazole rings is 1. The molecule has 0 unspecified atom stereocenters. The minimum absolute atomic E-state index is 0.0313. The summed E-state index contributed by atoms with van der Waals surface area (Å²) in [5.74, 6) is 4.26. The molecule has 150 valence electrons. The fraction of sp³-hybridized carbons (Fsp3) is 0.381. The number of hydrogen-bond acceptors (Lipinski definition) is 5. The molecular weight excluding hydrogens is 376 g/mol. The Morgan fingerprint density at radius 3 is 2.69 bits per heavy atom. The first-order valence-corrected chi connectivity index (χ1v) is 9.65. The third kappa shape index (κ3) is 3.54. The van der Waals surface area contributed by atoms with Crippen LogP contribution in [0.25, 0.3) is 22.6 Å². The fourth-order valence-corrected chi connectivity index (χ4v) is 3.65. The van der Waals surface area contributed by atoms with Crippen LogP contribution in [0.4, 0.5) is 14.6 Å². The summed E-state index contributed by atoms with van der Waals surface area (Å²) in [7, 11) is 0. The Morgan fingerprint density at radius 2 is 1.97 bits per heavy atom. The Labute approximate surface area is 166 Å². The van der Waals surface area contributed by atoms with E-state index in [-0.39, 0.29) is 23.0 Å². The molecule has 0 radical (unpaired) electrons. The van der Waals surface area contributed by atoms with Crippen LogP contribution in [0, 0.1) is 23.5 Å². The van der Waals surface area contributed by atoms with Crippen LogP contribution in [0.1, 0.15) is 44.9 Å². The van der Waals surface area contributed by atoms with Gasteiger partial charge in [-0.3, -0.25) is 0 Å². The number of nitrogens with zero attached hydrogens (tertiary/aromatic N) is 4. The maximum Gasteiger partial charge on any atom is 0.209 e. The van der Waals surface area contributed by atoms with Crippen molar-refractivity contribution < 1.29 is 13.9 Å². The van der Waals surface area contributed by atoms with E-state index >= 15 is 0 Å². The molecule has 3 aromatic rings. The molecule has 0 amide bonds. The summed E-state index contributed by atoms with van der Waals surface area (Å²) in [6.07, 6.45) is 3.82. The normalized spacial score (nSPS) is 15.4. The first kappa shape index (κ1) is 19.3. The van der Waals surface area contributed by atoms with E-state index in [1.807, 2.05) is 6.92 Å². The summed E-state index contributed by atoms with van der Waals surface area (Å²) in [6, 6.07) is 3.95. The Kier molecular flexibility index (Phi) is 4.92. The Hall–Kier alpha value is -3.05. The van der Waals surface area contributed by atoms with E-state index in [2.05, 4.69) is 26.8 Å². The number of aryl methyl sites for hydroxylation is 1. The lowest BCUT2D eigenvalue weighted by Gasteiger charge is -2.12. The molecule has 1 aliphatic rings. The maximum atomic E-state index is 14.4. The van der Waals surface area contributed by atoms with Crippen molar-refractivity contribution in [2.75, 3.05) is 5.73 Å². The van der Waals surface area contributed by atoms with E-state index in [9.17, 15) is 13.9 Å². The summed E-state index contributed by atoms with van der Waals surface area (Å²) in [5.41, 5.74) is 5.79. The van der Waals surface area contributed by atoms with Gasteiger partial charge in [0.2, 0.25) is 5.82 Å². The Balaban J connectivity index is 1.87. The van der Waals surface area contributed by atoms with Crippen molar-refractivity contribution in [2.45, 2.75) is 51.2 Å². The number of aromatic nitrogens is 4. The number of aliphatic hydroxyl groups is 1. The molecule has 0 spiro atoms. The lowest BCUT2D eigenvalue weighted by atomic mass is 10.0. The van der Waals surface area contributed by atoms with Gasteiger partial charge in [-0.15, -0.1) is 0 Å². The molecule has 1 saturated carbocycles. The van der Waals surface area contributed by atoms with Crippen molar-refractivity contribution in [3.8, 4) is 23.2 Å². The van der Waals surface area contributed by atoms with Crippen molar-refractivity contribution in [1.29, 1.82) is 0 Å². The molecule has 29 heavy (non-hydrogen) atoms. The van der Waals surface area contributed by atoms with Crippen molar-refractivity contribution in [2.24, 2.45) is 0 Å². The summed E-state index contributed by atoms with van der Waals surface area (Å²) in [4.78, 5) is 13.0. The molecule has 1 fully saturated rings. The van der Waals surface area contributed by atoms with Gasteiger partial charge in [-0.25, -0.2) is 23.7 Å². The monoisotopic (exact) mass is 397 g/mol. The molecule has 1 aromatic carbocycles. The largest absolute Gasteiger partial charge is 0.382 e. The minimum Gasteiger partial charge on any atom is -0.382 e. The zero-order chi connectivity index (χ0) is 20.6. The zero-order valence-corrected chi connectivity index (χ0v) is 16.0. The highest BCUT2D eigenvalue weighted by molar-refractivity contribution is 5.86. The van der Waals surface area contributed by atoms with E-state index in [1.165, 1.54) is 12.1 Å². The molecule has 4 rings (SSSR count). The number of rotatable bonds is 3. The van der Waals surface area contributed by atoms with E-state index in [1.54, 1.807) is 4.57 Å². The second kappa shape index (κ2) is 7.41. The predicted molar refractivity (Wildman–Crippen MR) is 106 cm³/mol. The number of nitrogen functional groups attached to an aromatic ring is 1. The highest BCUT2D eigenvalue weighted by atomic mass is 19.2. The quantitative estimate of drug-likeness (QED) is 0.661. The van der Waals surface area contributed by atoms with E-state index in [0.29, 0.717) is 30.6 Å². The highest BCUT2D eigenvalue weighted by Crippen LogP contribution is 2.30. The number of benzene rings is 1. The van der Waals surface area contributed by atoms with Crippen LogP contribution in [0.15, 0.2) is 18.2 Å². The van der Waals surface area contributed by atoms with Gasteiger partial charge < -0.3 is 15.4 Å². The fourth-order valence-electron chi connectivity index (χ4n) is 3.65. The second-order valence-electron chi connectivity index (χ2n) is 7.28. The highest BCUT2D eigenvalue weighted by Gasteiger charge is 2.29. The standard InChI is InChI=1S/C21H21F2N5O/c1-2-12-28-19(13-6-5-7-14(22)16(13)23)27-17-18(24)25-15(26-20(17)28)8-11-21(29)9-3-4-10-21/h5-7,29H,2-4,9-10,12H2,1H3,(H2,24,25,26). The van der Waals surface area contributed by atoms with Gasteiger partial charge in [0.1, 0.15) is 11.4 Å². The third-order valence-corrected chi connectivity index (χ3v) is 5.10. The Bertz CT molecular complexity index is 1140. The van der Waals surface area contributed by atoms with Gasteiger partial charge in [0, 0.05) is 6.54 Å². The molecule has 2 heterocycles. The molecule has 1 aliphatic carbocycles. The maximum absolute atomic E-state index is 14.4. The average Bonchev–Trinajstić information content (AvgIpc) is 3.28. The number of hydrogen-bond donors (Lipinski definition) is 2. The number of halogens is 2. The van der Waals surface area contributed by atoms with Crippen LogP contribution in [0.5, 0.6) is 0 Å². The van der Waals surface area contributed by atoms with Gasteiger partial charge in [0.25, 0.3) is 0 Å². The summed E-state index contributed by atoms with van der Waals surface area (Å²) in [5, 5.41) is 10.4. The summed E-state index contributed by atoms with van der Waals surface area (Å²) in [6.45, 7) is 2.44. The Morgan fingerprint density at radius 1 is 1.21 bits per heavy atom. The molecule has 2 aromatic heterocycles. The predicted octanol–water partition coefficient (Wildman–Crippen LogP) is 3.42. The van der Waals surface area contributed by atoms with Crippen LogP contribution in [-0.2, 0) is 6.54 Å². The van der Waals surface area contributed by atoms with Crippen molar-refractivity contribution in [3.63, 3.8) is 0 Å². The second-order valence-corrected chi connectivity index (χ2v) is 7.28. The number of nitrogens with two attached hydrogens (primary N) is 1. The molecule has 0 saturated heterocycles. The summed E-state index contributed by atoms with van der Waals surface area (Å²) >= 11 is 0. The van der Waals surface area contributed by atoms with Gasteiger partial charge in [0.05, 0.1) is 5.56 Å². The van der Waals surface area contributed by atoms with Crippen molar-refractivity contribution in [3.05, 3.63) is 35.7 Å². The number of anilines is 1. The molecule has 0 bridgehead atoms. The molecule has 0 aliphatic heterocycles.